The van der Waals surface area contributed by atoms with Crippen molar-refractivity contribution in [1.82, 2.24) is 29.9 Å². The van der Waals surface area contributed by atoms with Gasteiger partial charge in [0.25, 0.3) is 0 Å². The van der Waals surface area contributed by atoms with Crippen molar-refractivity contribution in [2.45, 2.75) is 0 Å². The molecule has 3 N–H and O–H groups in total. The molecule has 2 aromatic carbocycles. The van der Waals surface area contributed by atoms with Crippen molar-refractivity contribution in [2.75, 3.05) is 0 Å². The lowest BCUT2D eigenvalue weighted by Gasteiger charge is -2.04. The molecule has 0 saturated carbocycles. The number of aromatic hydroxyl groups is 1. The number of H-pyrrole nitrogens is 2. The van der Waals surface area contributed by atoms with Crippen LogP contribution in [0.3, 0.4) is 0 Å². The van der Waals surface area contributed by atoms with Crippen LogP contribution < -0.4 is 0 Å². The lowest BCUT2D eigenvalue weighted by molar-refractivity contribution is 0.469. The summed E-state index contributed by atoms with van der Waals surface area (Å²) in [5, 5.41) is 23.5. The quantitative estimate of drug-likeness (QED) is 0.372. The van der Waals surface area contributed by atoms with Crippen molar-refractivity contribution in [3.05, 3.63) is 72.9 Å². The third-order valence-corrected chi connectivity index (χ3v) is 5.58. The topological polar surface area (TPSA) is 95.4 Å². The first-order valence-corrected chi connectivity index (χ1v) is 10.0. The maximum atomic E-state index is 13.9. The van der Waals surface area contributed by atoms with E-state index in [0.29, 0.717) is 11.2 Å². The van der Waals surface area contributed by atoms with E-state index in [9.17, 15) is 9.50 Å². The molecule has 0 aliphatic heterocycles. The third-order valence-electron chi connectivity index (χ3n) is 5.58. The highest BCUT2D eigenvalue weighted by Gasteiger charge is 2.15. The molecular formula is C24H17FN6O. The smallest absolute Gasteiger partial charge is 0.138 e. The lowest BCUT2D eigenvalue weighted by atomic mass is 10.0. The average Bonchev–Trinajstić information content (AvgIpc) is 3.49. The third kappa shape index (κ3) is 2.92. The summed E-state index contributed by atoms with van der Waals surface area (Å²) in [6, 6.07) is 13.9. The predicted octanol–water partition coefficient (Wildman–Crippen LogP) is 5.02. The van der Waals surface area contributed by atoms with Crippen LogP contribution in [0.1, 0.15) is 0 Å². The van der Waals surface area contributed by atoms with Crippen LogP contribution in [0.15, 0.2) is 67.1 Å². The molecule has 0 radical (unpaired) electrons. The van der Waals surface area contributed by atoms with Gasteiger partial charge in [-0.3, -0.25) is 9.78 Å². The molecule has 4 aromatic heterocycles. The summed E-state index contributed by atoms with van der Waals surface area (Å²) in [5.41, 5.74) is 6.52. The van der Waals surface area contributed by atoms with Gasteiger partial charge < -0.3 is 10.1 Å². The highest BCUT2D eigenvalue weighted by atomic mass is 19.1. The van der Waals surface area contributed by atoms with Crippen LogP contribution in [0.2, 0.25) is 0 Å². The number of benzene rings is 2. The number of nitrogens with zero attached hydrogens (tertiary/aromatic N) is 4. The zero-order valence-electron chi connectivity index (χ0n) is 17.0. The van der Waals surface area contributed by atoms with E-state index in [-0.39, 0.29) is 5.75 Å². The molecule has 0 bridgehead atoms. The fourth-order valence-electron chi connectivity index (χ4n) is 4.11. The zero-order valence-corrected chi connectivity index (χ0v) is 17.0. The summed E-state index contributed by atoms with van der Waals surface area (Å²) in [4.78, 5) is 7.76. The molecule has 8 heteroatoms. The second kappa shape index (κ2) is 6.78. The summed E-state index contributed by atoms with van der Waals surface area (Å²) in [6.45, 7) is 0. The molecule has 4 heterocycles. The summed E-state index contributed by atoms with van der Waals surface area (Å²) in [5.74, 6) is -0.621. The summed E-state index contributed by atoms with van der Waals surface area (Å²) < 4.78 is 15.7. The molecule has 7 nitrogen and oxygen atoms in total. The number of rotatable bonds is 3. The number of nitrogens with one attached hydrogen (secondary N) is 2. The molecule has 6 aromatic rings. The minimum absolute atomic E-state index is 0.123. The van der Waals surface area contributed by atoms with E-state index < -0.39 is 5.82 Å². The van der Waals surface area contributed by atoms with E-state index in [2.05, 4.69) is 31.3 Å². The van der Waals surface area contributed by atoms with Gasteiger partial charge in [-0.1, -0.05) is 6.07 Å². The normalized spacial score (nSPS) is 11.6. The molecule has 0 atom stereocenters. The fraction of sp³-hybridized carbons (Fsp3) is 0.0417. The minimum atomic E-state index is -0.498. The largest absolute Gasteiger partial charge is 0.508 e. The Balaban J connectivity index is 1.51. The Labute approximate surface area is 181 Å². The number of phenolic OH excluding ortho intramolecular Hbond substituents is 1. The van der Waals surface area contributed by atoms with Crippen LogP contribution >= 0.6 is 0 Å². The van der Waals surface area contributed by atoms with E-state index in [1.807, 2.05) is 37.6 Å². The minimum Gasteiger partial charge on any atom is -0.508 e. The maximum absolute atomic E-state index is 13.9. The van der Waals surface area contributed by atoms with E-state index in [4.69, 9.17) is 0 Å². The molecule has 0 aliphatic rings. The Hall–Kier alpha value is -4.46. The summed E-state index contributed by atoms with van der Waals surface area (Å²) in [7, 11) is 1.89. The second-order valence-corrected chi connectivity index (χ2v) is 7.74. The first kappa shape index (κ1) is 18.3. The number of hydrogen-bond acceptors (Lipinski definition) is 4. The highest BCUT2D eigenvalue weighted by Crippen LogP contribution is 2.35. The molecule has 0 aliphatic carbocycles. The maximum Gasteiger partial charge on any atom is 0.138 e. The Morgan fingerprint density at radius 3 is 2.69 bits per heavy atom. The van der Waals surface area contributed by atoms with Gasteiger partial charge in [0.1, 0.15) is 22.9 Å². The van der Waals surface area contributed by atoms with Crippen molar-refractivity contribution < 1.29 is 9.50 Å². The van der Waals surface area contributed by atoms with Crippen molar-refractivity contribution in [2.24, 2.45) is 7.05 Å². The number of aromatic amines is 2. The number of aromatic nitrogens is 6. The van der Waals surface area contributed by atoms with Gasteiger partial charge in [-0.2, -0.15) is 10.2 Å². The molecule has 0 spiro atoms. The molecule has 0 saturated heterocycles. The van der Waals surface area contributed by atoms with Crippen LogP contribution in [0.5, 0.6) is 5.75 Å². The molecule has 0 unspecified atom stereocenters. The van der Waals surface area contributed by atoms with Crippen molar-refractivity contribution >= 4 is 21.9 Å². The predicted molar refractivity (Wildman–Crippen MR) is 120 cm³/mol. The van der Waals surface area contributed by atoms with Crippen LogP contribution in [-0.2, 0) is 7.05 Å². The highest BCUT2D eigenvalue weighted by molar-refractivity contribution is 6.00. The first-order valence-electron chi connectivity index (χ1n) is 10.0. The van der Waals surface area contributed by atoms with Gasteiger partial charge in [-0.05, 0) is 53.1 Å². The summed E-state index contributed by atoms with van der Waals surface area (Å²) in [6.07, 6.45) is 5.45. The van der Waals surface area contributed by atoms with Gasteiger partial charge in [-0.15, -0.1) is 0 Å². The van der Waals surface area contributed by atoms with Crippen LogP contribution in [0.4, 0.5) is 4.39 Å². The Morgan fingerprint density at radius 2 is 1.88 bits per heavy atom. The van der Waals surface area contributed by atoms with Gasteiger partial charge in [0.05, 0.1) is 17.4 Å². The van der Waals surface area contributed by atoms with Crippen molar-refractivity contribution in [1.29, 1.82) is 0 Å². The Morgan fingerprint density at radius 1 is 0.969 bits per heavy atom. The van der Waals surface area contributed by atoms with E-state index in [0.717, 1.165) is 50.4 Å². The number of halogens is 1. The van der Waals surface area contributed by atoms with Crippen LogP contribution in [-0.4, -0.2) is 35.1 Å². The van der Waals surface area contributed by atoms with Gasteiger partial charge in [0.15, 0.2) is 0 Å². The molecule has 0 amide bonds. The molecule has 156 valence electrons. The van der Waals surface area contributed by atoms with Gasteiger partial charge in [0.2, 0.25) is 0 Å². The first-order chi connectivity index (χ1) is 15.5. The summed E-state index contributed by atoms with van der Waals surface area (Å²) >= 11 is 0. The monoisotopic (exact) mass is 424 g/mol. The average molecular weight is 424 g/mol. The standard InChI is InChI=1S/C24H17FN6O/c1-31-12-15(11-27-31)13-2-3-21-20(8-13)23(30-29-21)22-10-19-18(4-5-26-24(19)28-22)14-6-16(25)9-17(32)7-14/h2-12,32H,1H3,(H,26,28)(H,29,30). The lowest BCUT2D eigenvalue weighted by Crippen LogP contribution is -1.84. The Bertz CT molecular complexity index is 1610. The van der Waals surface area contributed by atoms with E-state index >= 15 is 0 Å². The molecule has 32 heavy (non-hydrogen) atoms. The van der Waals surface area contributed by atoms with E-state index in [1.165, 1.54) is 12.1 Å². The van der Waals surface area contributed by atoms with Gasteiger partial charge in [-0.25, -0.2) is 9.37 Å². The zero-order chi connectivity index (χ0) is 21.8. The number of aryl methyl sites for hydroxylation is 1. The Kier molecular flexibility index (Phi) is 3.88. The molecule has 0 fully saturated rings. The van der Waals surface area contributed by atoms with E-state index in [1.54, 1.807) is 16.9 Å². The SMILES string of the molecule is Cn1cc(-c2ccc3[nH]nc(-c4cc5c(-c6cc(O)cc(F)c6)ccnc5[nH]4)c3c2)cn1. The van der Waals surface area contributed by atoms with Crippen molar-refractivity contribution in [3.63, 3.8) is 0 Å². The molecular weight excluding hydrogens is 407 g/mol. The number of pyridine rings is 1. The fourth-order valence-corrected chi connectivity index (χ4v) is 4.11. The van der Waals surface area contributed by atoms with Crippen LogP contribution in [0, 0.1) is 5.82 Å². The van der Waals surface area contributed by atoms with Gasteiger partial charge >= 0.3 is 0 Å². The molecule has 6 rings (SSSR count). The van der Waals surface area contributed by atoms with Crippen molar-refractivity contribution in [3.8, 4) is 39.4 Å². The van der Waals surface area contributed by atoms with Crippen LogP contribution in [0.25, 0.3) is 55.6 Å². The van der Waals surface area contributed by atoms with Gasteiger partial charge in [0, 0.05) is 41.8 Å². The number of phenols is 1. The number of hydrogen-bond donors (Lipinski definition) is 3. The number of fused-ring (bicyclic) bond motifs is 2. The second-order valence-electron chi connectivity index (χ2n) is 7.74.